The van der Waals surface area contributed by atoms with Crippen molar-refractivity contribution in [3.8, 4) is 5.75 Å². The molecule has 0 aliphatic carbocycles. The molecule has 1 aromatic rings. The zero-order chi connectivity index (χ0) is 7.72. The Hall–Kier alpha value is -0.763. The number of rotatable bonds is 0. The van der Waals surface area contributed by atoms with E-state index in [-0.39, 0.29) is 0 Å². The van der Waals surface area contributed by atoms with Gasteiger partial charge in [-0.2, -0.15) is 0 Å². The highest BCUT2D eigenvalue weighted by Crippen LogP contribution is 2.16. The maximum absolute atomic E-state index is 9.24. The summed E-state index contributed by atoms with van der Waals surface area (Å²) in [4.78, 5) is 0. The summed E-state index contributed by atoms with van der Waals surface area (Å²) >= 11 is 0. The average molecular weight is 152 g/mol. The van der Waals surface area contributed by atoms with Gasteiger partial charge >= 0.3 is 0 Å². The lowest BCUT2D eigenvalue weighted by Gasteiger charge is -2.04. The molecule has 0 aliphatic rings. The van der Waals surface area contributed by atoms with Gasteiger partial charge < -0.3 is 5.11 Å². The molecule has 0 heterocycles. The minimum atomic E-state index is 0.414. The van der Waals surface area contributed by atoms with Gasteiger partial charge in [-0.1, -0.05) is 11.3 Å². The first-order valence-electron chi connectivity index (χ1n) is 3.38. The molecule has 0 aromatic heterocycles. The zero-order valence-electron chi connectivity index (χ0n) is 6.60. The number of hydrogen-bond acceptors (Lipinski definition) is 1. The highest BCUT2D eigenvalue weighted by Gasteiger charge is 1.99. The molecule has 2 heteroatoms. The van der Waals surface area contributed by atoms with Crippen LogP contribution in [0.3, 0.4) is 0 Å². The quantitative estimate of drug-likeness (QED) is 0.519. The molecule has 0 saturated heterocycles. The van der Waals surface area contributed by atoms with Gasteiger partial charge in [-0.25, -0.2) is 0 Å². The molecular weight excluding hydrogens is 140 g/mol. The van der Waals surface area contributed by atoms with Crippen molar-refractivity contribution in [2.75, 3.05) is 0 Å². The molecule has 0 spiro atoms. The molecule has 0 amide bonds. The van der Waals surface area contributed by atoms with Crippen molar-refractivity contribution in [3.05, 3.63) is 23.3 Å². The van der Waals surface area contributed by atoms with E-state index in [0.717, 1.165) is 15.8 Å². The van der Waals surface area contributed by atoms with Gasteiger partial charge in [-0.15, -0.1) is 0 Å². The van der Waals surface area contributed by atoms with Crippen LogP contribution in [0.25, 0.3) is 0 Å². The van der Waals surface area contributed by atoms with Gasteiger partial charge in [0.2, 0.25) is 0 Å². The third-order valence-corrected chi connectivity index (χ3v) is 3.11. The number of aromatic hydroxyl groups is 1. The molecule has 54 valence electrons. The lowest BCUT2D eigenvalue weighted by Crippen LogP contribution is -2.07. The summed E-state index contributed by atoms with van der Waals surface area (Å²) in [7, 11) is 1.06. The number of phenolic OH excluding ortho intramolecular Hbond substituents is 1. The van der Waals surface area contributed by atoms with Crippen LogP contribution in [-0.4, -0.2) is 15.3 Å². The largest absolute Gasteiger partial charge is 0.508 e. The van der Waals surface area contributed by atoms with Crippen molar-refractivity contribution in [3.63, 3.8) is 0 Å². The van der Waals surface area contributed by atoms with E-state index in [2.05, 4.69) is 6.92 Å². The van der Waals surface area contributed by atoms with E-state index in [4.69, 9.17) is 0 Å². The smallest absolute Gasteiger partial charge is 0.118 e. The second-order valence-electron chi connectivity index (χ2n) is 2.65. The Kier molecular flexibility index (Phi) is 1.81. The monoisotopic (exact) mass is 152 g/mol. The van der Waals surface area contributed by atoms with E-state index in [1.54, 1.807) is 6.07 Å². The maximum Gasteiger partial charge on any atom is 0.118 e. The van der Waals surface area contributed by atoms with Crippen LogP contribution in [0.15, 0.2) is 12.1 Å². The summed E-state index contributed by atoms with van der Waals surface area (Å²) in [6.07, 6.45) is 0. The van der Waals surface area contributed by atoms with Crippen LogP contribution in [0, 0.1) is 13.8 Å². The van der Waals surface area contributed by atoms with Gasteiger partial charge in [0.05, 0.1) is 0 Å². The predicted octanol–water partition coefficient (Wildman–Crippen LogP) is -0.000260. The molecule has 0 radical (unpaired) electrons. The van der Waals surface area contributed by atoms with Gasteiger partial charge in [0.1, 0.15) is 5.75 Å². The topological polar surface area (TPSA) is 20.2 Å². The van der Waals surface area contributed by atoms with E-state index < -0.39 is 0 Å². The van der Waals surface area contributed by atoms with Gasteiger partial charge in [0.25, 0.3) is 0 Å². The molecular formula is C8H12OSi. The number of hydrogen-bond donors (Lipinski definition) is 1. The van der Waals surface area contributed by atoms with Gasteiger partial charge in [0, 0.05) is 10.2 Å². The van der Waals surface area contributed by atoms with Crippen LogP contribution in [0.5, 0.6) is 5.75 Å². The molecule has 1 aromatic carbocycles. The van der Waals surface area contributed by atoms with Crippen LogP contribution < -0.4 is 5.19 Å². The van der Waals surface area contributed by atoms with Gasteiger partial charge in [0.15, 0.2) is 0 Å². The summed E-state index contributed by atoms with van der Waals surface area (Å²) in [6, 6.07) is 3.76. The van der Waals surface area contributed by atoms with Crippen LogP contribution in [0.2, 0.25) is 0 Å². The summed E-state index contributed by atoms with van der Waals surface area (Å²) in [5.41, 5.74) is 2.26. The standard InChI is InChI=1S/C8H12OSi/c1-5-6(2)8(10)4-3-7(5)9/h3-4,9H,1-2,10H3. The van der Waals surface area contributed by atoms with Crippen molar-refractivity contribution < 1.29 is 5.11 Å². The van der Waals surface area contributed by atoms with Crippen molar-refractivity contribution in [2.45, 2.75) is 13.8 Å². The zero-order valence-corrected chi connectivity index (χ0v) is 8.60. The van der Waals surface area contributed by atoms with Crippen LogP contribution in [-0.2, 0) is 0 Å². The highest BCUT2D eigenvalue weighted by atomic mass is 28.1. The second-order valence-corrected chi connectivity index (χ2v) is 3.73. The van der Waals surface area contributed by atoms with Crippen LogP contribution in [0.4, 0.5) is 0 Å². The molecule has 10 heavy (non-hydrogen) atoms. The SMILES string of the molecule is Cc1c(O)ccc([SiH3])c1C. The van der Waals surface area contributed by atoms with Gasteiger partial charge in [-0.3, -0.25) is 0 Å². The predicted molar refractivity (Wildman–Crippen MR) is 47.2 cm³/mol. The van der Waals surface area contributed by atoms with Crippen LogP contribution >= 0.6 is 0 Å². The van der Waals surface area contributed by atoms with Crippen molar-refractivity contribution in [1.82, 2.24) is 0 Å². The Balaban J connectivity index is 3.34. The Labute approximate surface area is 64.1 Å². The summed E-state index contributed by atoms with van der Waals surface area (Å²) in [6.45, 7) is 4.00. The van der Waals surface area contributed by atoms with E-state index in [9.17, 15) is 5.11 Å². The highest BCUT2D eigenvalue weighted by molar-refractivity contribution is 6.33. The first-order valence-corrected chi connectivity index (χ1v) is 4.38. The van der Waals surface area contributed by atoms with Crippen molar-refractivity contribution in [2.24, 2.45) is 0 Å². The maximum atomic E-state index is 9.24. The minimum Gasteiger partial charge on any atom is -0.508 e. The van der Waals surface area contributed by atoms with E-state index in [1.165, 1.54) is 10.8 Å². The lowest BCUT2D eigenvalue weighted by molar-refractivity contribution is 0.471. The number of phenols is 1. The third-order valence-electron chi connectivity index (χ3n) is 2.03. The van der Waals surface area contributed by atoms with Crippen molar-refractivity contribution in [1.29, 1.82) is 0 Å². The van der Waals surface area contributed by atoms with Crippen molar-refractivity contribution >= 4 is 15.4 Å². The fourth-order valence-corrected chi connectivity index (χ4v) is 1.48. The second kappa shape index (κ2) is 2.46. The molecule has 0 unspecified atom stereocenters. The minimum absolute atomic E-state index is 0.414. The summed E-state index contributed by atoms with van der Waals surface area (Å²) in [5.74, 6) is 0.414. The Morgan fingerprint density at radius 2 is 1.80 bits per heavy atom. The fraction of sp³-hybridized carbons (Fsp3) is 0.250. The normalized spacial score (nSPS) is 10.2. The number of benzene rings is 1. The molecule has 1 rings (SSSR count). The molecule has 0 atom stereocenters. The first-order chi connectivity index (χ1) is 4.63. The Morgan fingerprint density at radius 1 is 1.20 bits per heavy atom. The molecule has 1 nitrogen and oxygen atoms in total. The summed E-state index contributed by atoms with van der Waals surface area (Å²) < 4.78 is 0. The van der Waals surface area contributed by atoms with E-state index in [1.807, 2.05) is 13.0 Å². The Morgan fingerprint density at radius 3 is 2.30 bits per heavy atom. The summed E-state index contributed by atoms with van der Waals surface area (Å²) in [5, 5.41) is 10.6. The molecule has 0 fully saturated rings. The average Bonchev–Trinajstić information content (AvgIpc) is 1.93. The van der Waals surface area contributed by atoms with E-state index >= 15 is 0 Å². The van der Waals surface area contributed by atoms with Crippen LogP contribution in [0.1, 0.15) is 11.1 Å². The molecule has 0 saturated carbocycles. The molecule has 0 bridgehead atoms. The fourth-order valence-electron chi connectivity index (χ4n) is 0.942. The van der Waals surface area contributed by atoms with Gasteiger partial charge in [-0.05, 0) is 31.0 Å². The molecule has 1 N–H and O–H groups in total. The first kappa shape index (κ1) is 7.35. The molecule has 0 aliphatic heterocycles. The Bertz CT molecular complexity index is 229. The third kappa shape index (κ3) is 1.07. The van der Waals surface area contributed by atoms with E-state index in [0.29, 0.717) is 5.75 Å². The lowest BCUT2D eigenvalue weighted by atomic mass is 10.1.